The molecule has 0 unspecified atom stereocenters. The second-order valence-electron chi connectivity index (χ2n) is 10.6. The number of carbonyl (C=O) groups is 1. The van der Waals surface area contributed by atoms with Crippen molar-refractivity contribution in [2.45, 2.75) is 77.2 Å². The normalized spacial score (nSPS) is 11.5. The number of rotatable bonds is 18. The first-order chi connectivity index (χ1) is 20.3. The van der Waals surface area contributed by atoms with Crippen LogP contribution in [0.1, 0.15) is 69.6 Å². The van der Waals surface area contributed by atoms with E-state index in [-0.39, 0.29) is 12.3 Å². The molecule has 0 aliphatic carbocycles. The lowest BCUT2D eigenvalue weighted by molar-refractivity contribution is -0.131. The van der Waals surface area contributed by atoms with Crippen LogP contribution in [0.15, 0.2) is 77.7 Å². The van der Waals surface area contributed by atoms with Gasteiger partial charge in [-0.1, -0.05) is 87.7 Å². The van der Waals surface area contributed by atoms with Crippen molar-refractivity contribution in [3.05, 3.63) is 94.5 Å². The molecule has 0 fully saturated rings. The van der Waals surface area contributed by atoms with E-state index >= 15 is 0 Å². The topological polar surface area (TPSA) is 66.9 Å². The number of hydrogen-bond acceptors (Lipinski definition) is 4. The van der Waals surface area contributed by atoms with Crippen molar-refractivity contribution in [2.75, 3.05) is 26.2 Å². The van der Waals surface area contributed by atoms with Gasteiger partial charge in [0.15, 0.2) is 0 Å². The van der Waals surface area contributed by atoms with Crippen LogP contribution in [0.5, 0.6) is 5.75 Å². The molecule has 0 spiro atoms. The van der Waals surface area contributed by atoms with Gasteiger partial charge in [0.25, 0.3) is 0 Å². The number of benzene rings is 3. The highest BCUT2D eigenvalue weighted by Crippen LogP contribution is 2.26. The Bertz CT molecular complexity index is 1340. The van der Waals surface area contributed by atoms with Gasteiger partial charge in [-0.2, -0.15) is 4.31 Å². The lowest BCUT2D eigenvalue weighted by atomic mass is 10.1. The third-order valence-electron chi connectivity index (χ3n) is 7.15. The van der Waals surface area contributed by atoms with Gasteiger partial charge in [0.05, 0.1) is 17.9 Å². The van der Waals surface area contributed by atoms with E-state index in [9.17, 15) is 13.2 Å². The molecule has 3 aromatic carbocycles. The first-order valence-electron chi connectivity index (χ1n) is 15.1. The van der Waals surface area contributed by atoms with Gasteiger partial charge in [-0.25, -0.2) is 8.42 Å². The van der Waals surface area contributed by atoms with Crippen molar-refractivity contribution >= 4 is 27.5 Å². The molecule has 228 valence electrons. The summed E-state index contributed by atoms with van der Waals surface area (Å²) in [6.45, 7) is 8.67. The van der Waals surface area contributed by atoms with E-state index in [1.54, 1.807) is 22.5 Å². The minimum atomic E-state index is -3.56. The molecule has 0 bridgehead atoms. The van der Waals surface area contributed by atoms with Crippen molar-refractivity contribution < 1.29 is 17.9 Å². The van der Waals surface area contributed by atoms with E-state index in [0.29, 0.717) is 49.1 Å². The molecular formula is C34H45ClN2O4S. The van der Waals surface area contributed by atoms with Gasteiger partial charge in [-0.05, 0) is 67.1 Å². The van der Waals surface area contributed by atoms with E-state index in [1.807, 2.05) is 59.5 Å². The van der Waals surface area contributed by atoms with Gasteiger partial charge < -0.3 is 9.64 Å². The summed E-state index contributed by atoms with van der Waals surface area (Å²) in [6.07, 6.45) is 5.31. The summed E-state index contributed by atoms with van der Waals surface area (Å²) >= 11 is 6.33. The Morgan fingerprint density at radius 3 is 2.10 bits per heavy atom. The number of amides is 1. The summed E-state index contributed by atoms with van der Waals surface area (Å²) in [5.41, 5.74) is 2.78. The van der Waals surface area contributed by atoms with E-state index in [2.05, 4.69) is 20.8 Å². The zero-order chi connectivity index (χ0) is 30.4. The molecule has 0 atom stereocenters. The minimum absolute atomic E-state index is 0.00399. The Balaban J connectivity index is 1.79. The summed E-state index contributed by atoms with van der Waals surface area (Å²) in [5, 5.41) is 0.591. The summed E-state index contributed by atoms with van der Waals surface area (Å²) in [4.78, 5) is 15.7. The molecule has 0 saturated heterocycles. The molecule has 0 N–H and O–H groups in total. The standard InChI is InChI=1S/C34H45ClN2O4S/c1-4-7-21-37(22-8-5-2)42(39,40)32-17-14-28(15-18-32)20-23-36(34(38)25-29-12-10-9-11-13-29)27-30-26-31(35)16-19-33(30)41-24-6-3/h9-19,26H,4-8,20-25,27H2,1-3H3. The monoisotopic (exact) mass is 612 g/mol. The molecule has 0 heterocycles. The summed E-state index contributed by atoms with van der Waals surface area (Å²) < 4.78 is 34.3. The third-order valence-corrected chi connectivity index (χ3v) is 9.30. The molecule has 3 rings (SSSR count). The molecular weight excluding hydrogens is 568 g/mol. The highest BCUT2D eigenvalue weighted by Gasteiger charge is 2.24. The molecule has 0 radical (unpaired) electrons. The number of unbranched alkanes of at least 4 members (excludes halogenated alkanes) is 2. The van der Waals surface area contributed by atoms with Crippen molar-refractivity contribution in [1.82, 2.24) is 9.21 Å². The van der Waals surface area contributed by atoms with Gasteiger partial charge in [0, 0.05) is 36.8 Å². The van der Waals surface area contributed by atoms with E-state index < -0.39 is 10.0 Å². The maximum Gasteiger partial charge on any atom is 0.243 e. The number of sulfonamides is 1. The quantitative estimate of drug-likeness (QED) is 0.149. The van der Waals surface area contributed by atoms with Gasteiger partial charge in [0.1, 0.15) is 5.75 Å². The fraction of sp³-hybridized carbons (Fsp3) is 0.441. The molecule has 6 nitrogen and oxygen atoms in total. The van der Waals surface area contributed by atoms with Crippen molar-refractivity contribution in [1.29, 1.82) is 0 Å². The van der Waals surface area contributed by atoms with Crippen LogP contribution in [0.3, 0.4) is 0 Å². The zero-order valence-corrected chi connectivity index (χ0v) is 26.8. The van der Waals surface area contributed by atoms with Crippen LogP contribution in [-0.4, -0.2) is 49.8 Å². The Kier molecular flexibility index (Phi) is 13.8. The van der Waals surface area contributed by atoms with Crippen LogP contribution in [0.2, 0.25) is 5.02 Å². The number of nitrogens with zero attached hydrogens (tertiary/aromatic N) is 2. The molecule has 1 amide bonds. The molecule has 8 heteroatoms. The van der Waals surface area contributed by atoms with Crippen LogP contribution in [0.25, 0.3) is 0 Å². The van der Waals surface area contributed by atoms with Crippen LogP contribution in [0.4, 0.5) is 0 Å². The zero-order valence-electron chi connectivity index (χ0n) is 25.2. The molecule has 3 aromatic rings. The average molecular weight is 613 g/mol. The van der Waals surface area contributed by atoms with Crippen molar-refractivity contribution in [2.24, 2.45) is 0 Å². The highest BCUT2D eigenvalue weighted by atomic mass is 35.5. The molecule has 0 aliphatic heterocycles. The van der Waals surface area contributed by atoms with Crippen LogP contribution < -0.4 is 4.74 Å². The predicted octanol–water partition coefficient (Wildman–Crippen LogP) is 7.53. The largest absolute Gasteiger partial charge is 0.493 e. The summed E-state index contributed by atoms with van der Waals surface area (Å²) in [5.74, 6) is 0.730. The Morgan fingerprint density at radius 1 is 0.810 bits per heavy atom. The highest BCUT2D eigenvalue weighted by molar-refractivity contribution is 7.89. The SMILES string of the molecule is CCCCN(CCCC)S(=O)(=O)c1ccc(CCN(Cc2cc(Cl)ccc2OCCC)C(=O)Cc2ccccc2)cc1. The molecule has 0 saturated carbocycles. The lowest BCUT2D eigenvalue weighted by Crippen LogP contribution is -2.34. The van der Waals surface area contributed by atoms with Crippen LogP contribution in [-0.2, 0) is 34.2 Å². The summed E-state index contributed by atoms with van der Waals surface area (Å²) in [6, 6.07) is 22.3. The van der Waals surface area contributed by atoms with Gasteiger partial charge in [-0.3, -0.25) is 4.79 Å². The maximum atomic E-state index is 13.5. The van der Waals surface area contributed by atoms with E-state index in [1.165, 1.54) is 0 Å². The lowest BCUT2D eigenvalue weighted by Gasteiger charge is -2.25. The van der Waals surface area contributed by atoms with Crippen LogP contribution in [0, 0.1) is 0 Å². The Morgan fingerprint density at radius 2 is 1.48 bits per heavy atom. The van der Waals surface area contributed by atoms with Gasteiger partial charge >= 0.3 is 0 Å². The number of hydrogen-bond donors (Lipinski definition) is 0. The summed E-state index contributed by atoms with van der Waals surface area (Å²) in [7, 11) is -3.56. The van der Waals surface area contributed by atoms with Crippen LogP contribution >= 0.6 is 11.6 Å². The Labute approximate surface area is 257 Å². The van der Waals surface area contributed by atoms with Gasteiger partial charge in [0.2, 0.25) is 15.9 Å². The fourth-order valence-electron chi connectivity index (χ4n) is 4.67. The second-order valence-corrected chi connectivity index (χ2v) is 13.0. The van der Waals surface area contributed by atoms with Gasteiger partial charge in [-0.15, -0.1) is 0 Å². The maximum absolute atomic E-state index is 13.5. The minimum Gasteiger partial charge on any atom is -0.493 e. The average Bonchev–Trinajstić information content (AvgIpc) is 2.99. The smallest absolute Gasteiger partial charge is 0.243 e. The number of carbonyl (C=O) groups excluding carboxylic acids is 1. The first kappa shape index (κ1) is 33.6. The second kappa shape index (κ2) is 17.3. The number of ether oxygens (including phenoxy) is 1. The van der Waals surface area contributed by atoms with E-state index in [4.69, 9.17) is 16.3 Å². The first-order valence-corrected chi connectivity index (χ1v) is 16.9. The van der Waals surface area contributed by atoms with Crippen molar-refractivity contribution in [3.63, 3.8) is 0 Å². The molecule has 0 aromatic heterocycles. The molecule has 0 aliphatic rings. The molecule has 42 heavy (non-hydrogen) atoms. The number of halogens is 1. The fourth-order valence-corrected chi connectivity index (χ4v) is 6.38. The van der Waals surface area contributed by atoms with E-state index in [0.717, 1.165) is 54.5 Å². The third kappa shape index (κ3) is 10.1. The predicted molar refractivity (Wildman–Crippen MR) is 172 cm³/mol. The Hall–Kier alpha value is -2.87. The van der Waals surface area contributed by atoms with Crippen molar-refractivity contribution in [3.8, 4) is 5.75 Å².